The molecule has 0 bridgehead atoms. The van der Waals surface area contributed by atoms with Gasteiger partial charge in [-0.2, -0.15) is 0 Å². The van der Waals surface area contributed by atoms with Crippen molar-refractivity contribution in [3.63, 3.8) is 0 Å². The second-order valence-corrected chi connectivity index (χ2v) is 6.25. The fourth-order valence-corrected chi connectivity index (χ4v) is 2.76. The highest BCUT2D eigenvalue weighted by Gasteiger charge is 2.09. The number of nitrogens with zero attached hydrogens (tertiary/aromatic N) is 3. The average molecular weight is 384 g/mol. The van der Waals surface area contributed by atoms with Crippen LogP contribution in [0.2, 0.25) is 0 Å². The van der Waals surface area contributed by atoms with Gasteiger partial charge in [0, 0.05) is 16.8 Å². The van der Waals surface area contributed by atoms with Gasteiger partial charge in [-0.3, -0.25) is 0 Å². The van der Waals surface area contributed by atoms with E-state index in [9.17, 15) is 0 Å². The van der Waals surface area contributed by atoms with Crippen molar-refractivity contribution in [3.05, 3.63) is 108 Å². The molecular weight excluding hydrogens is 364 g/mol. The molecule has 4 aromatic rings. The van der Waals surface area contributed by atoms with E-state index in [2.05, 4.69) is 20.7 Å². The van der Waals surface area contributed by atoms with Gasteiger partial charge in [-0.25, -0.2) is 0 Å². The molecule has 0 saturated heterocycles. The summed E-state index contributed by atoms with van der Waals surface area (Å²) in [6, 6.07) is 29.9. The maximum Gasteiger partial charge on any atom is 0.320 e. The normalized spacial score (nSPS) is 10.3. The van der Waals surface area contributed by atoms with Crippen LogP contribution in [-0.4, -0.2) is 22.5 Å². The van der Waals surface area contributed by atoms with Gasteiger partial charge in [-0.05, 0) is 12.1 Å². The van der Waals surface area contributed by atoms with Gasteiger partial charge in [0.25, 0.3) is 0 Å². The first-order valence-electron chi connectivity index (χ1n) is 9.34. The zero-order valence-corrected chi connectivity index (χ0v) is 15.7. The molecule has 0 amide bonds. The van der Waals surface area contributed by atoms with Crippen LogP contribution in [0, 0.1) is 0 Å². The fraction of sp³-hybridized carbons (Fsp3) is 0.0870. The second-order valence-electron chi connectivity index (χ2n) is 6.25. The summed E-state index contributed by atoms with van der Waals surface area (Å²) in [6.07, 6.45) is 0.462. The lowest BCUT2D eigenvalue weighted by molar-refractivity contribution is 0.143. The maximum absolute atomic E-state index is 5.60. The van der Waals surface area contributed by atoms with Crippen molar-refractivity contribution < 1.29 is 9.25 Å². The van der Waals surface area contributed by atoms with Crippen LogP contribution in [0.25, 0.3) is 0 Å². The molecule has 0 atom stereocenters. The van der Waals surface area contributed by atoms with Crippen LogP contribution in [0.3, 0.4) is 0 Å². The molecule has 6 heteroatoms. The van der Waals surface area contributed by atoms with Gasteiger partial charge in [0.15, 0.2) is 0 Å². The standard InChI is InChI=1S/C23H20N4O2/c1-4-10-18(11-5-1)22(19-12-6-2-7-13-19)27-28-17-16-21-25-26-23(29-21)24-20-14-8-3-9-15-20/h1-15H,16-17H2,(H,24,26). The summed E-state index contributed by atoms with van der Waals surface area (Å²) in [5.74, 6) is 0.486. The quantitative estimate of drug-likeness (QED) is 0.268. The van der Waals surface area contributed by atoms with Crippen LogP contribution in [0.4, 0.5) is 11.7 Å². The predicted octanol–water partition coefficient (Wildman–Crippen LogP) is 4.82. The summed E-state index contributed by atoms with van der Waals surface area (Å²) in [6.45, 7) is 0.330. The molecule has 1 heterocycles. The molecule has 0 aliphatic heterocycles. The Bertz CT molecular complexity index is 1010. The largest absolute Gasteiger partial charge is 0.408 e. The third kappa shape index (κ3) is 5.07. The predicted molar refractivity (Wildman–Crippen MR) is 112 cm³/mol. The van der Waals surface area contributed by atoms with Gasteiger partial charge in [0.1, 0.15) is 12.3 Å². The van der Waals surface area contributed by atoms with Crippen LogP contribution in [0.5, 0.6) is 0 Å². The summed E-state index contributed by atoms with van der Waals surface area (Å²) < 4.78 is 5.60. The number of para-hydroxylation sites is 1. The molecule has 0 aliphatic rings. The zero-order chi connectivity index (χ0) is 19.7. The molecule has 0 fully saturated rings. The molecule has 0 saturated carbocycles. The van der Waals surface area contributed by atoms with E-state index in [-0.39, 0.29) is 0 Å². The van der Waals surface area contributed by atoms with Gasteiger partial charge in [0.05, 0.1) is 6.42 Å². The topological polar surface area (TPSA) is 72.5 Å². The van der Waals surface area contributed by atoms with E-state index in [1.165, 1.54) is 0 Å². The lowest BCUT2D eigenvalue weighted by atomic mass is 10.0. The average Bonchev–Trinajstić information content (AvgIpc) is 3.23. The third-order valence-electron chi connectivity index (χ3n) is 4.15. The van der Waals surface area contributed by atoms with Crippen molar-refractivity contribution in [1.82, 2.24) is 10.2 Å². The first-order valence-corrected chi connectivity index (χ1v) is 9.34. The van der Waals surface area contributed by atoms with Gasteiger partial charge >= 0.3 is 6.01 Å². The number of nitrogens with one attached hydrogen (secondary N) is 1. The lowest BCUT2D eigenvalue weighted by Gasteiger charge is -2.07. The summed E-state index contributed by atoms with van der Waals surface area (Å²) in [4.78, 5) is 5.58. The Labute approximate surface area is 168 Å². The Hall–Kier alpha value is -3.93. The lowest BCUT2D eigenvalue weighted by Crippen LogP contribution is -2.05. The summed E-state index contributed by atoms with van der Waals surface area (Å²) in [5, 5.41) is 15.5. The van der Waals surface area contributed by atoms with E-state index in [1.54, 1.807) is 0 Å². The molecule has 0 aliphatic carbocycles. The van der Waals surface area contributed by atoms with Gasteiger partial charge in [0.2, 0.25) is 5.89 Å². The highest BCUT2D eigenvalue weighted by atomic mass is 16.6. The Balaban J connectivity index is 1.38. The molecule has 144 valence electrons. The zero-order valence-electron chi connectivity index (χ0n) is 15.7. The van der Waals surface area contributed by atoms with E-state index >= 15 is 0 Å². The Morgan fingerprint density at radius 3 is 2.00 bits per heavy atom. The van der Waals surface area contributed by atoms with Crippen molar-refractivity contribution in [2.24, 2.45) is 5.16 Å². The minimum Gasteiger partial charge on any atom is -0.408 e. The Kier molecular flexibility index (Phi) is 5.93. The molecule has 4 rings (SSSR count). The van der Waals surface area contributed by atoms with Crippen LogP contribution in [0.15, 0.2) is 101 Å². The summed E-state index contributed by atoms with van der Waals surface area (Å²) in [5.41, 5.74) is 3.65. The van der Waals surface area contributed by atoms with Crippen molar-refractivity contribution in [1.29, 1.82) is 0 Å². The van der Waals surface area contributed by atoms with E-state index in [0.29, 0.717) is 24.9 Å². The van der Waals surface area contributed by atoms with E-state index in [1.807, 2.05) is 91.0 Å². The van der Waals surface area contributed by atoms with Crippen LogP contribution in [-0.2, 0) is 11.3 Å². The fourth-order valence-electron chi connectivity index (χ4n) is 2.76. The van der Waals surface area contributed by atoms with Crippen molar-refractivity contribution in [3.8, 4) is 0 Å². The maximum atomic E-state index is 5.60. The second kappa shape index (κ2) is 9.32. The molecular formula is C23H20N4O2. The number of hydrogen-bond donors (Lipinski definition) is 1. The highest BCUT2D eigenvalue weighted by Crippen LogP contribution is 2.15. The van der Waals surface area contributed by atoms with E-state index in [4.69, 9.17) is 9.25 Å². The van der Waals surface area contributed by atoms with Gasteiger partial charge in [-0.15, -0.1) is 5.10 Å². The molecule has 6 nitrogen and oxygen atoms in total. The summed E-state index contributed by atoms with van der Waals surface area (Å²) >= 11 is 0. The van der Waals surface area contributed by atoms with E-state index in [0.717, 1.165) is 22.5 Å². The minimum absolute atomic E-state index is 0.330. The molecule has 3 aromatic carbocycles. The molecule has 29 heavy (non-hydrogen) atoms. The van der Waals surface area contributed by atoms with Gasteiger partial charge in [-0.1, -0.05) is 89.1 Å². The molecule has 1 N–H and O–H groups in total. The number of aromatic nitrogens is 2. The van der Waals surface area contributed by atoms with Crippen molar-refractivity contribution in [2.45, 2.75) is 6.42 Å². The third-order valence-corrected chi connectivity index (χ3v) is 4.15. The molecule has 1 aromatic heterocycles. The van der Waals surface area contributed by atoms with Crippen LogP contribution < -0.4 is 5.32 Å². The minimum atomic E-state index is 0.330. The SMILES string of the molecule is c1ccc(Nc2nnc(CCON=C(c3ccccc3)c3ccccc3)o2)cc1. The monoisotopic (exact) mass is 384 g/mol. The van der Waals surface area contributed by atoms with Crippen molar-refractivity contribution >= 4 is 17.4 Å². The summed E-state index contributed by atoms with van der Waals surface area (Å²) in [7, 11) is 0. The van der Waals surface area contributed by atoms with E-state index < -0.39 is 0 Å². The van der Waals surface area contributed by atoms with Gasteiger partial charge < -0.3 is 14.6 Å². The Morgan fingerprint density at radius 1 is 0.793 bits per heavy atom. The molecule has 0 spiro atoms. The number of benzene rings is 3. The van der Waals surface area contributed by atoms with Crippen molar-refractivity contribution in [2.75, 3.05) is 11.9 Å². The first-order chi connectivity index (χ1) is 14.4. The number of oxime groups is 1. The smallest absolute Gasteiger partial charge is 0.320 e. The number of hydrogen-bond acceptors (Lipinski definition) is 6. The number of anilines is 2. The highest BCUT2D eigenvalue weighted by molar-refractivity contribution is 6.12. The number of rotatable bonds is 8. The first kappa shape index (κ1) is 18.4. The van der Waals surface area contributed by atoms with Crippen LogP contribution >= 0.6 is 0 Å². The Morgan fingerprint density at radius 2 is 1.38 bits per heavy atom. The molecule has 0 unspecified atom stereocenters. The van der Waals surface area contributed by atoms with Crippen LogP contribution in [0.1, 0.15) is 17.0 Å². The molecule has 0 radical (unpaired) electrons.